The van der Waals surface area contributed by atoms with Crippen LogP contribution in [0.5, 0.6) is 0 Å². The average Bonchev–Trinajstić information content (AvgIpc) is 2.63. The minimum atomic E-state index is -1.64. The highest BCUT2D eigenvalue weighted by molar-refractivity contribution is 6.14. The summed E-state index contributed by atoms with van der Waals surface area (Å²) in [6.45, 7) is 1.48. The summed E-state index contributed by atoms with van der Waals surface area (Å²) in [5, 5.41) is 24.9. The summed E-state index contributed by atoms with van der Waals surface area (Å²) >= 11 is 0. The second-order valence-corrected chi connectivity index (χ2v) is 6.01. The Bertz CT molecular complexity index is 780. The number of nitro benzene ring substituents is 1. The molecule has 0 aliphatic heterocycles. The first-order chi connectivity index (χ1) is 13.5. The van der Waals surface area contributed by atoms with Crippen molar-refractivity contribution in [2.75, 3.05) is 11.4 Å². The minimum Gasteiger partial charge on any atom is -0.464 e. The molecule has 7 N–H and O–H groups in total. The molecule has 1 rings (SSSR count). The molecular weight excluding hydrogens is 388 g/mol. The smallest absolute Gasteiger partial charge is 0.418 e. The SMILES string of the molecule is C[C@H](N)C(=O)N[C@@H](CCCNC(N)=O)C(=O)N(C(=O)O)c1ccc([N+](=O)[O-])cc1. The van der Waals surface area contributed by atoms with Gasteiger partial charge < -0.3 is 27.2 Å². The van der Waals surface area contributed by atoms with Crippen LogP contribution in [-0.2, 0) is 9.59 Å². The quantitative estimate of drug-likeness (QED) is 0.210. The molecule has 5 amide bonds. The fraction of sp³-hybridized carbons (Fsp3) is 0.375. The van der Waals surface area contributed by atoms with Crippen LogP contribution in [0.15, 0.2) is 24.3 Å². The molecule has 1 aromatic carbocycles. The van der Waals surface area contributed by atoms with Crippen LogP contribution in [0, 0.1) is 10.1 Å². The molecule has 0 spiro atoms. The van der Waals surface area contributed by atoms with Gasteiger partial charge in [0.2, 0.25) is 5.91 Å². The van der Waals surface area contributed by atoms with E-state index in [2.05, 4.69) is 10.6 Å². The van der Waals surface area contributed by atoms with E-state index in [9.17, 15) is 34.4 Å². The third-order valence-corrected chi connectivity index (χ3v) is 3.73. The second-order valence-electron chi connectivity index (χ2n) is 6.01. The zero-order chi connectivity index (χ0) is 22.1. The van der Waals surface area contributed by atoms with E-state index in [1.807, 2.05) is 0 Å². The molecule has 1 aromatic rings. The van der Waals surface area contributed by atoms with Crippen molar-refractivity contribution in [1.82, 2.24) is 10.6 Å². The summed E-state index contributed by atoms with van der Waals surface area (Å²) < 4.78 is 0. The molecule has 13 nitrogen and oxygen atoms in total. The van der Waals surface area contributed by atoms with E-state index in [0.717, 1.165) is 24.3 Å². The van der Waals surface area contributed by atoms with Crippen LogP contribution >= 0.6 is 0 Å². The number of carbonyl (C=O) groups excluding carboxylic acids is 3. The van der Waals surface area contributed by atoms with Gasteiger partial charge in [-0.2, -0.15) is 0 Å². The maximum atomic E-state index is 12.8. The number of hydrogen-bond donors (Lipinski definition) is 5. The molecule has 0 saturated heterocycles. The van der Waals surface area contributed by atoms with Crippen LogP contribution in [0.2, 0.25) is 0 Å². The number of hydrogen-bond acceptors (Lipinski definition) is 7. The van der Waals surface area contributed by atoms with Crippen molar-refractivity contribution in [3.8, 4) is 0 Å². The summed E-state index contributed by atoms with van der Waals surface area (Å²) in [7, 11) is 0. The first kappa shape index (κ1) is 23.3. The van der Waals surface area contributed by atoms with E-state index in [1.54, 1.807) is 0 Å². The fourth-order valence-electron chi connectivity index (χ4n) is 2.29. The molecule has 0 unspecified atom stereocenters. The number of nitrogens with zero attached hydrogens (tertiary/aromatic N) is 2. The first-order valence-electron chi connectivity index (χ1n) is 8.45. The van der Waals surface area contributed by atoms with Crippen LogP contribution in [0.3, 0.4) is 0 Å². The lowest BCUT2D eigenvalue weighted by atomic mass is 10.1. The third kappa shape index (κ3) is 7.06. The lowest BCUT2D eigenvalue weighted by Gasteiger charge is -2.25. The predicted octanol–water partition coefficient (Wildman–Crippen LogP) is -0.114. The molecule has 13 heteroatoms. The van der Waals surface area contributed by atoms with Crippen molar-refractivity contribution in [3.63, 3.8) is 0 Å². The van der Waals surface area contributed by atoms with Crippen molar-refractivity contribution in [2.45, 2.75) is 31.8 Å². The van der Waals surface area contributed by atoms with Gasteiger partial charge in [0.05, 0.1) is 16.7 Å². The Morgan fingerprint density at radius 2 is 1.83 bits per heavy atom. The van der Waals surface area contributed by atoms with E-state index < -0.39 is 40.9 Å². The number of nitro groups is 1. The summed E-state index contributed by atoms with van der Waals surface area (Å²) in [4.78, 5) is 57.6. The van der Waals surface area contributed by atoms with Crippen molar-refractivity contribution >= 4 is 35.3 Å². The zero-order valence-corrected chi connectivity index (χ0v) is 15.5. The number of carbonyl (C=O) groups is 4. The standard InChI is InChI=1S/C16H22N6O7/c1-9(17)13(23)20-12(3-2-8-19-15(18)25)14(24)21(16(26)27)10-4-6-11(7-5-10)22(28)29/h4-7,9,12H,2-3,8,17H2,1H3,(H,20,23)(H,26,27)(H3,18,19,25)/t9-,12-/m0/s1. The Labute approximate surface area is 165 Å². The van der Waals surface area contributed by atoms with Gasteiger partial charge in [0.1, 0.15) is 6.04 Å². The normalized spacial score (nSPS) is 12.3. The number of imide groups is 1. The van der Waals surface area contributed by atoms with E-state index >= 15 is 0 Å². The van der Waals surface area contributed by atoms with Crippen molar-refractivity contribution in [2.24, 2.45) is 11.5 Å². The number of nitrogens with one attached hydrogen (secondary N) is 2. The molecule has 0 aliphatic rings. The molecular formula is C16H22N6O7. The molecule has 0 fully saturated rings. The topological polar surface area (TPSA) is 211 Å². The Morgan fingerprint density at radius 3 is 2.28 bits per heavy atom. The van der Waals surface area contributed by atoms with Gasteiger partial charge in [0.25, 0.3) is 11.6 Å². The zero-order valence-electron chi connectivity index (χ0n) is 15.5. The molecule has 0 radical (unpaired) electrons. The number of nitrogens with two attached hydrogens (primary N) is 2. The lowest BCUT2D eigenvalue weighted by Crippen LogP contribution is -2.53. The molecule has 0 heterocycles. The molecule has 0 bridgehead atoms. The molecule has 0 aliphatic carbocycles. The summed E-state index contributed by atoms with van der Waals surface area (Å²) in [6, 6.07) is 1.30. The van der Waals surface area contributed by atoms with Crippen LogP contribution in [-0.4, -0.2) is 52.6 Å². The van der Waals surface area contributed by atoms with Gasteiger partial charge >= 0.3 is 12.1 Å². The minimum absolute atomic E-state index is 0.0195. The molecule has 29 heavy (non-hydrogen) atoms. The Morgan fingerprint density at radius 1 is 1.24 bits per heavy atom. The van der Waals surface area contributed by atoms with Gasteiger partial charge in [0.15, 0.2) is 0 Å². The monoisotopic (exact) mass is 410 g/mol. The maximum absolute atomic E-state index is 12.8. The number of anilines is 1. The summed E-state index contributed by atoms with van der Waals surface area (Å²) in [5.41, 5.74) is 10.0. The van der Waals surface area contributed by atoms with Gasteiger partial charge in [-0.05, 0) is 31.9 Å². The number of urea groups is 1. The van der Waals surface area contributed by atoms with Crippen LogP contribution in [0.1, 0.15) is 19.8 Å². The Kier molecular flexibility index (Phi) is 8.48. The van der Waals surface area contributed by atoms with Gasteiger partial charge in [0, 0.05) is 18.7 Å². The number of primary amides is 1. The summed E-state index contributed by atoms with van der Waals surface area (Å²) in [5.74, 6) is -1.67. The molecule has 158 valence electrons. The molecule has 0 saturated carbocycles. The van der Waals surface area contributed by atoms with E-state index in [-0.39, 0.29) is 30.8 Å². The van der Waals surface area contributed by atoms with E-state index in [4.69, 9.17) is 11.5 Å². The molecule has 0 aromatic heterocycles. The van der Waals surface area contributed by atoms with E-state index in [0.29, 0.717) is 4.90 Å². The number of benzene rings is 1. The van der Waals surface area contributed by atoms with Crippen LogP contribution in [0.25, 0.3) is 0 Å². The number of amides is 5. The number of carboxylic acid groups (broad SMARTS) is 1. The van der Waals surface area contributed by atoms with Crippen molar-refractivity contribution < 1.29 is 29.2 Å². The van der Waals surface area contributed by atoms with Gasteiger partial charge in [-0.1, -0.05) is 0 Å². The largest absolute Gasteiger partial charge is 0.464 e. The number of non-ortho nitro benzene ring substituents is 1. The third-order valence-electron chi connectivity index (χ3n) is 3.73. The molecule has 2 atom stereocenters. The Hall–Kier alpha value is -3.74. The first-order valence-corrected chi connectivity index (χ1v) is 8.45. The van der Waals surface area contributed by atoms with Crippen molar-refractivity contribution in [3.05, 3.63) is 34.4 Å². The van der Waals surface area contributed by atoms with Gasteiger partial charge in [-0.3, -0.25) is 19.7 Å². The van der Waals surface area contributed by atoms with Crippen LogP contribution in [0.4, 0.5) is 21.0 Å². The van der Waals surface area contributed by atoms with Crippen LogP contribution < -0.4 is 27.0 Å². The second kappa shape index (κ2) is 10.6. The average molecular weight is 410 g/mol. The number of rotatable bonds is 9. The Balaban J connectivity index is 3.08. The van der Waals surface area contributed by atoms with E-state index in [1.165, 1.54) is 6.92 Å². The fourth-order valence-corrected chi connectivity index (χ4v) is 2.29. The lowest BCUT2D eigenvalue weighted by molar-refractivity contribution is -0.384. The maximum Gasteiger partial charge on any atom is 0.418 e. The van der Waals surface area contributed by atoms with Gasteiger partial charge in [-0.15, -0.1) is 0 Å². The van der Waals surface area contributed by atoms with Gasteiger partial charge in [-0.25, -0.2) is 14.5 Å². The highest BCUT2D eigenvalue weighted by atomic mass is 16.6. The highest BCUT2D eigenvalue weighted by Crippen LogP contribution is 2.21. The highest BCUT2D eigenvalue weighted by Gasteiger charge is 2.31. The summed E-state index contributed by atoms with van der Waals surface area (Å²) in [6.07, 6.45) is -1.46. The van der Waals surface area contributed by atoms with Crippen molar-refractivity contribution in [1.29, 1.82) is 0 Å². The predicted molar refractivity (Wildman–Crippen MR) is 101 cm³/mol.